The van der Waals surface area contributed by atoms with E-state index < -0.39 is 0 Å². The van der Waals surface area contributed by atoms with Crippen molar-refractivity contribution in [1.82, 2.24) is 4.98 Å². The Hall–Kier alpha value is -2.33. The van der Waals surface area contributed by atoms with Gasteiger partial charge in [0.25, 0.3) is 0 Å². The van der Waals surface area contributed by atoms with Gasteiger partial charge in [-0.3, -0.25) is 4.79 Å². The van der Waals surface area contributed by atoms with E-state index >= 15 is 0 Å². The van der Waals surface area contributed by atoms with Crippen LogP contribution >= 0.6 is 15.9 Å². The number of anilines is 1. The number of fused-ring (bicyclic) bond motifs is 5. The summed E-state index contributed by atoms with van der Waals surface area (Å²) in [7, 11) is 0. The van der Waals surface area contributed by atoms with Gasteiger partial charge in [-0.2, -0.15) is 0 Å². The molecule has 114 valence electrons. The molecule has 1 aromatic heterocycles. The molecule has 23 heavy (non-hydrogen) atoms. The lowest BCUT2D eigenvalue weighted by atomic mass is 10.0. The Kier molecular flexibility index (Phi) is 3.34. The Morgan fingerprint density at radius 3 is 2.91 bits per heavy atom. The largest absolute Gasteiger partial charge is 0.354 e. The molecule has 3 nitrogen and oxygen atoms in total. The van der Waals surface area contributed by atoms with Crippen molar-refractivity contribution in [3.8, 4) is 11.3 Å². The summed E-state index contributed by atoms with van der Waals surface area (Å²) < 4.78 is 1.01. The number of halogens is 1. The van der Waals surface area contributed by atoms with Gasteiger partial charge in [-0.1, -0.05) is 28.1 Å². The highest BCUT2D eigenvalue weighted by Crippen LogP contribution is 2.38. The molecule has 0 saturated carbocycles. The number of nitrogens with one attached hydrogen (secondary N) is 2. The maximum atomic E-state index is 12.3. The predicted molar refractivity (Wildman–Crippen MR) is 97.7 cm³/mol. The minimum atomic E-state index is 0.0161. The number of aromatic amines is 1. The smallest absolute Gasteiger partial charge is 0.228 e. The molecular formula is C19H15BrN2O. The molecule has 0 aliphatic carbocycles. The highest BCUT2D eigenvalue weighted by Gasteiger charge is 2.23. The lowest BCUT2D eigenvalue weighted by molar-refractivity contribution is -0.115. The highest BCUT2D eigenvalue weighted by atomic mass is 79.9. The number of aromatic nitrogens is 1. The average Bonchev–Trinajstić information content (AvgIpc) is 2.80. The van der Waals surface area contributed by atoms with Crippen LogP contribution in [0.5, 0.6) is 0 Å². The monoisotopic (exact) mass is 366 g/mol. The van der Waals surface area contributed by atoms with Crippen molar-refractivity contribution in [2.24, 2.45) is 0 Å². The number of hydrogen-bond donors (Lipinski definition) is 2. The Morgan fingerprint density at radius 2 is 2.09 bits per heavy atom. The first-order valence-electron chi connectivity index (χ1n) is 7.50. The highest BCUT2D eigenvalue weighted by molar-refractivity contribution is 9.10. The summed E-state index contributed by atoms with van der Waals surface area (Å²) in [4.78, 5) is 15.8. The van der Waals surface area contributed by atoms with Crippen molar-refractivity contribution in [2.75, 3.05) is 5.32 Å². The summed E-state index contributed by atoms with van der Waals surface area (Å²) in [5.74, 6) is 0.0161. The predicted octanol–water partition coefficient (Wildman–Crippen LogP) is 4.82. The Bertz CT molecular complexity index is 955. The van der Waals surface area contributed by atoms with Crippen molar-refractivity contribution >= 4 is 38.4 Å². The molecule has 2 heterocycles. The quantitative estimate of drug-likeness (QED) is 0.627. The second-order valence-corrected chi connectivity index (χ2v) is 6.68. The Balaban J connectivity index is 2.02. The lowest BCUT2D eigenvalue weighted by Gasteiger charge is -2.09. The molecule has 0 bridgehead atoms. The summed E-state index contributed by atoms with van der Waals surface area (Å²) in [6, 6.07) is 12.3. The topological polar surface area (TPSA) is 44.9 Å². The maximum absolute atomic E-state index is 12.3. The third-order valence-corrected chi connectivity index (χ3v) is 4.71. The first-order chi connectivity index (χ1) is 11.2. The SMILES string of the molecule is C=CCc1ccc2c(c1)-c1[nH]c3ccc(Br)cc3c1CC(=O)N2. The number of benzene rings is 2. The normalized spacial score (nSPS) is 13.2. The van der Waals surface area contributed by atoms with Gasteiger partial charge < -0.3 is 10.3 Å². The van der Waals surface area contributed by atoms with Crippen LogP contribution in [0.4, 0.5) is 5.69 Å². The van der Waals surface area contributed by atoms with E-state index in [2.05, 4.69) is 44.9 Å². The fourth-order valence-corrected chi connectivity index (χ4v) is 3.55. The van der Waals surface area contributed by atoms with E-state index in [1.54, 1.807) is 0 Å². The Labute approximate surface area is 142 Å². The zero-order valence-electron chi connectivity index (χ0n) is 12.4. The number of carbonyl (C=O) groups is 1. The van der Waals surface area contributed by atoms with Gasteiger partial charge in [-0.25, -0.2) is 0 Å². The summed E-state index contributed by atoms with van der Waals surface area (Å²) >= 11 is 3.52. The Morgan fingerprint density at radius 1 is 1.22 bits per heavy atom. The van der Waals surface area contributed by atoms with Gasteiger partial charge in [0.05, 0.1) is 17.8 Å². The molecule has 3 aromatic rings. The number of hydrogen-bond acceptors (Lipinski definition) is 1. The lowest BCUT2D eigenvalue weighted by Crippen LogP contribution is -2.12. The molecule has 0 atom stereocenters. The maximum Gasteiger partial charge on any atom is 0.228 e. The number of allylic oxidation sites excluding steroid dienone is 1. The molecule has 0 fully saturated rings. The van der Waals surface area contributed by atoms with Gasteiger partial charge in [0.15, 0.2) is 0 Å². The third kappa shape index (κ3) is 2.39. The molecule has 1 aliphatic rings. The van der Waals surface area contributed by atoms with Crippen molar-refractivity contribution in [1.29, 1.82) is 0 Å². The van der Waals surface area contributed by atoms with Gasteiger partial charge in [0, 0.05) is 20.9 Å². The zero-order chi connectivity index (χ0) is 16.0. The van der Waals surface area contributed by atoms with E-state index in [1.807, 2.05) is 30.3 Å². The second kappa shape index (κ2) is 5.39. The molecular weight excluding hydrogens is 352 g/mol. The molecule has 2 N–H and O–H groups in total. The van der Waals surface area contributed by atoms with Gasteiger partial charge >= 0.3 is 0 Å². The van der Waals surface area contributed by atoms with E-state index in [9.17, 15) is 4.79 Å². The van der Waals surface area contributed by atoms with Crippen molar-refractivity contribution in [3.05, 3.63) is 64.7 Å². The second-order valence-electron chi connectivity index (χ2n) is 5.77. The molecule has 0 spiro atoms. The van der Waals surface area contributed by atoms with Gasteiger partial charge in [-0.15, -0.1) is 6.58 Å². The van der Waals surface area contributed by atoms with Crippen LogP contribution in [0, 0.1) is 0 Å². The van der Waals surface area contributed by atoms with Crippen LogP contribution in [0.2, 0.25) is 0 Å². The van der Waals surface area contributed by atoms with Gasteiger partial charge in [0.1, 0.15) is 0 Å². The first kappa shape index (κ1) is 14.3. The van der Waals surface area contributed by atoms with E-state index in [0.717, 1.165) is 44.3 Å². The van der Waals surface area contributed by atoms with E-state index in [0.29, 0.717) is 6.42 Å². The van der Waals surface area contributed by atoms with Crippen molar-refractivity contribution in [3.63, 3.8) is 0 Å². The molecule has 0 saturated heterocycles. The molecule has 2 aromatic carbocycles. The van der Waals surface area contributed by atoms with Crippen LogP contribution in [0.25, 0.3) is 22.2 Å². The minimum Gasteiger partial charge on any atom is -0.354 e. The molecule has 0 unspecified atom stereocenters. The van der Waals surface area contributed by atoms with Crippen LogP contribution < -0.4 is 5.32 Å². The standard InChI is InChI=1S/C19H15BrN2O/c1-2-3-11-4-6-17-15(8-11)19-14(10-18(23)21-17)13-9-12(20)5-7-16(13)22-19/h2,4-9,22H,1,3,10H2,(H,21,23). The average molecular weight is 367 g/mol. The van der Waals surface area contributed by atoms with Crippen molar-refractivity contribution in [2.45, 2.75) is 12.8 Å². The number of H-pyrrole nitrogens is 1. The number of amides is 1. The van der Waals surface area contributed by atoms with E-state index in [4.69, 9.17) is 0 Å². The first-order valence-corrected chi connectivity index (χ1v) is 8.29. The fraction of sp³-hybridized carbons (Fsp3) is 0.105. The minimum absolute atomic E-state index is 0.0161. The molecule has 4 heteroatoms. The summed E-state index contributed by atoms with van der Waals surface area (Å²) in [5.41, 5.74) is 6.20. The summed E-state index contributed by atoms with van der Waals surface area (Å²) in [6.45, 7) is 3.80. The van der Waals surface area contributed by atoms with Crippen LogP contribution in [0.3, 0.4) is 0 Å². The molecule has 1 amide bonds. The van der Waals surface area contributed by atoms with Crippen LogP contribution in [0.15, 0.2) is 53.5 Å². The fourth-order valence-electron chi connectivity index (χ4n) is 3.19. The van der Waals surface area contributed by atoms with Crippen LogP contribution in [0.1, 0.15) is 11.1 Å². The van der Waals surface area contributed by atoms with Gasteiger partial charge in [0.2, 0.25) is 5.91 Å². The molecule has 1 aliphatic heterocycles. The summed E-state index contributed by atoms with van der Waals surface area (Å²) in [6.07, 6.45) is 3.07. The van der Waals surface area contributed by atoms with Crippen molar-refractivity contribution < 1.29 is 4.79 Å². The van der Waals surface area contributed by atoms with Gasteiger partial charge in [-0.05, 0) is 47.9 Å². The number of rotatable bonds is 2. The van der Waals surface area contributed by atoms with E-state index in [-0.39, 0.29) is 5.91 Å². The van der Waals surface area contributed by atoms with Crippen LogP contribution in [-0.2, 0) is 17.6 Å². The summed E-state index contributed by atoms with van der Waals surface area (Å²) in [5, 5.41) is 4.10. The van der Waals surface area contributed by atoms with E-state index in [1.165, 1.54) is 5.56 Å². The number of carbonyl (C=O) groups excluding carboxylic acids is 1. The molecule has 4 rings (SSSR count). The third-order valence-electron chi connectivity index (χ3n) is 4.21. The zero-order valence-corrected chi connectivity index (χ0v) is 14.0. The van der Waals surface area contributed by atoms with Crippen LogP contribution in [-0.4, -0.2) is 10.9 Å². The molecule has 0 radical (unpaired) electrons.